The standard InChI is InChI=1S/C29H27NO3.C22H21NO3/c1-32-29(31)28(19-22-9-4-2-5-10-22)30-26-14-8-13-25(20-26)24-15-17-27(18-16-24)33-21-23-11-6-3-7-12-23;1-26-22(25)21(14-16-6-3-2-4-7-16)23-19-9-5-8-18(15-19)17-10-12-20(24)13-11-17/h2-18,20,28,30H,19,21H2,1H3;2-13,15,21,23-24H,14H2,1H3. The van der Waals surface area contributed by atoms with E-state index in [4.69, 9.17) is 14.2 Å². The first kappa shape index (κ1) is 41.3. The minimum atomic E-state index is -0.475. The molecule has 0 heterocycles. The van der Waals surface area contributed by atoms with E-state index in [2.05, 4.69) is 16.7 Å². The molecule has 0 aliphatic rings. The van der Waals surface area contributed by atoms with Gasteiger partial charge in [-0.05, 0) is 87.5 Å². The Labute approximate surface area is 346 Å². The maximum Gasteiger partial charge on any atom is 0.328 e. The zero-order valence-corrected chi connectivity index (χ0v) is 33.2. The molecule has 7 aromatic carbocycles. The molecule has 59 heavy (non-hydrogen) atoms. The molecule has 0 aromatic heterocycles. The van der Waals surface area contributed by atoms with Crippen molar-refractivity contribution < 1.29 is 28.9 Å². The van der Waals surface area contributed by atoms with Crippen LogP contribution in [0.4, 0.5) is 11.4 Å². The fourth-order valence-corrected chi connectivity index (χ4v) is 6.49. The molecule has 0 radical (unpaired) electrons. The van der Waals surface area contributed by atoms with Gasteiger partial charge in [0.05, 0.1) is 14.2 Å². The second-order valence-corrected chi connectivity index (χ2v) is 13.8. The van der Waals surface area contributed by atoms with Crippen molar-refractivity contribution >= 4 is 23.3 Å². The van der Waals surface area contributed by atoms with Gasteiger partial charge in [-0.25, -0.2) is 9.59 Å². The number of carbonyl (C=O) groups excluding carboxylic acids is 2. The van der Waals surface area contributed by atoms with Crippen molar-refractivity contribution in [1.82, 2.24) is 0 Å². The number of rotatable bonds is 15. The molecule has 2 atom stereocenters. The number of methoxy groups -OCH3 is 2. The zero-order chi connectivity index (χ0) is 41.2. The predicted octanol–water partition coefficient (Wildman–Crippen LogP) is 10.4. The summed E-state index contributed by atoms with van der Waals surface area (Å²) in [5.74, 6) is 0.468. The first-order valence-electron chi connectivity index (χ1n) is 19.4. The highest BCUT2D eigenvalue weighted by atomic mass is 16.5. The van der Waals surface area contributed by atoms with Crippen LogP contribution < -0.4 is 15.4 Å². The molecule has 8 nitrogen and oxygen atoms in total. The Morgan fingerprint density at radius 2 is 0.881 bits per heavy atom. The summed E-state index contributed by atoms with van der Waals surface area (Å²) in [4.78, 5) is 24.6. The summed E-state index contributed by atoms with van der Waals surface area (Å²) in [7, 11) is 2.81. The summed E-state index contributed by atoms with van der Waals surface area (Å²) >= 11 is 0. The van der Waals surface area contributed by atoms with Gasteiger partial charge in [0.25, 0.3) is 0 Å². The van der Waals surface area contributed by atoms with Gasteiger partial charge in [-0.3, -0.25) is 0 Å². The highest BCUT2D eigenvalue weighted by Crippen LogP contribution is 2.27. The number of anilines is 2. The van der Waals surface area contributed by atoms with Gasteiger partial charge in [-0.2, -0.15) is 0 Å². The lowest BCUT2D eigenvalue weighted by Crippen LogP contribution is -2.32. The van der Waals surface area contributed by atoms with E-state index < -0.39 is 12.1 Å². The number of aromatic hydroxyl groups is 1. The van der Waals surface area contributed by atoms with Crippen molar-refractivity contribution in [3.05, 3.63) is 205 Å². The second kappa shape index (κ2) is 21.3. The monoisotopic (exact) mass is 784 g/mol. The third-order valence-corrected chi connectivity index (χ3v) is 9.58. The maximum absolute atomic E-state index is 12.4. The Balaban J connectivity index is 0.000000204. The molecule has 3 N–H and O–H groups in total. The molecule has 7 rings (SSSR count). The summed E-state index contributed by atoms with van der Waals surface area (Å²) in [5.41, 5.74) is 9.08. The molecule has 0 bridgehead atoms. The summed E-state index contributed by atoms with van der Waals surface area (Å²) < 4.78 is 15.9. The van der Waals surface area contributed by atoms with Crippen LogP contribution in [0, 0.1) is 0 Å². The van der Waals surface area contributed by atoms with Crippen LogP contribution in [-0.4, -0.2) is 43.3 Å². The largest absolute Gasteiger partial charge is 0.508 e. The lowest BCUT2D eigenvalue weighted by Gasteiger charge is -2.18. The van der Waals surface area contributed by atoms with Gasteiger partial charge in [0.15, 0.2) is 0 Å². The fourth-order valence-electron chi connectivity index (χ4n) is 6.49. The normalized spacial score (nSPS) is 11.5. The number of phenols is 1. The minimum absolute atomic E-state index is 0.233. The van der Waals surface area contributed by atoms with Crippen molar-refractivity contribution in [3.63, 3.8) is 0 Å². The topological polar surface area (TPSA) is 106 Å². The lowest BCUT2D eigenvalue weighted by atomic mass is 10.0. The first-order chi connectivity index (χ1) is 28.9. The van der Waals surface area contributed by atoms with Gasteiger partial charge in [-0.1, -0.05) is 140 Å². The Hall–Kier alpha value is -7.32. The van der Waals surface area contributed by atoms with E-state index in [1.54, 1.807) is 12.1 Å². The van der Waals surface area contributed by atoms with Crippen LogP contribution in [0.3, 0.4) is 0 Å². The second-order valence-electron chi connectivity index (χ2n) is 13.8. The Bertz CT molecular complexity index is 2350. The van der Waals surface area contributed by atoms with E-state index in [-0.39, 0.29) is 17.7 Å². The highest BCUT2D eigenvalue weighted by molar-refractivity contribution is 5.81. The molecule has 7 aromatic rings. The number of hydrogen-bond donors (Lipinski definition) is 3. The molecule has 0 spiro atoms. The van der Waals surface area contributed by atoms with Crippen LogP contribution in [0.2, 0.25) is 0 Å². The summed E-state index contributed by atoms with van der Waals surface area (Å²) in [5, 5.41) is 16.1. The number of phenolic OH excluding ortho intramolecular Hbond substituents is 1. The number of nitrogens with one attached hydrogen (secondary N) is 2. The van der Waals surface area contributed by atoms with E-state index in [0.717, 1.165) is 56.1 Å². The lowest BCUT2D eigenvalue weighted by molar-refractivity contribution is -0.142. The molecule has 0 saturated carbocycles. The van der Waals surface area contributed by atoms with Crippen LogP contribution in [0.25, 0.3) is 22.3 Å². The molecule has 0 saturated heterocycles. The molecule has 8 heteroatoms. The number of esters is 2. The number of carbonyl (C=O) groups is 2. The Morgan fingerprint density at radius 3 is 1.31 bits per heavy atom. The average Bonchev–Trinajstić information content (AvgIpc) is 3.29. The molecule has 2 unspecified atom stereocenters. The van der Waals surface area contributed by atoms with E-state index in [1.165, 1.54) is 14.2 Å². The molecule has 0 amide bonds. The van der Waals surface area contributed by atoms with Crippen LogP contribution in [0.15, 0.2) is 188 Å². The maximum atomic E-state index is 12.4. The van der Waals surface area contributed by atoms with Crippen LogP contribution in [-0.2, 0) is 38.5 Å². The van der Waals surface area contributed by atoms with E-state index in [1.807, 2.05) is 170 Å². The van der Waals surface area contributed by atoms with Gasteiger partial charge in [-0.15, -0.1) is 0 Å². The van der Waals surface area contributed by atoms with E-state index in [0.29, 0.717) is 19.4 Å². The van der Waals surface area contributed by atoms with Crippen molar-refractivity contribution in [1.29, 1.82) is 0 Å². The highest BCUT2D eigenvalue weighted by Gasteiger charge is 2.21. The van der Waals surface area contributed by atoms with Crippen molar-refractivity contribution in [2.45, 2.75) is 31.5 Å². The molecule has 298 valence electrons. The summed E-state index contributed by atoms with van der Waals surface area (Å²) in [6, 6.07) is 59.8. The third-order valence-electron chi connectivity index (χ3n) is 9.58. The van der Waals surface area contributed by atoms with Gasteiger partial charge in [0.2, 0.25) is 0 Å². The van der Waals surface area contributed by atoms with Gasteiger partial charge < -0.3 is 30.0 Å². The van der Waals surface area contributed by atoms with Crippen molar-refractivity contribution in [3.8, 4) is 33.8 Å². The van der Waals surface area contributed by atoms with E-state index in [9.17, 15) is 14.7 Å². The number of benzene rings is 7. The smallest absolute Gasteiger partial charge is 0.328 e. The summed E-state index contributed by atoms with van der Waals surface area (Å²) in [6.07, 6.45) is 1.09. The minimum Gasteiger partial charge on any atom is -0.508 e. The molecule has 0 aliphatic heterocycles. The van der Waals surface area contributed by atoms with Crippen LogP contribution in [0.5, 0.6) is 11.5 Å². The molecule has 0 aliphatic carbocycles. The van der Waals surface area contributed by atoms with Gasteiger partial charge in [0.1, 0.15) is 30.2 Å². The van der Waals surface area contributed by atoms with Gasteiger partial charge in [0, 0.05) is 24.2 Å². The molecule has 0 fully saturated rings. The number of hydrogen-bond acceptors (Lipinski definition) is 8. The van der Waals surface area contributed by atoms with E-state index >= 15 is 0 Å². The zero-order valence-electron chi connectivity index (χ0n) is 33.2. The van der Waals surface area contributed by atoms with Crippen molar-refractivity contribution in [2.24, 2.45) is 0 Å². The third kappa shape index (κ3) is 12.6. The SMILES string of the molecule is COC(=O)C(Cc1ccccc1)Nc1cccc(-c2ccc(O)cc2)c1.COC(=O)C(Cc1ccccc1)Nc1cccc(-c2ccc(OCc3ccccc3)cc2)c1. The first-order valence-corrected chi connectivity index (χ1v) is 19.4. The van der Waals surface area contributed by atoms with Crippen molar-refractivity contribution in [2.75, 3.05) is 24.9 Å². The Kier molecular flexibility index (Phi) is 14.9. The van der Waals surface area contributed by atoms with Crippen LogP contribution in [0.1, 0.15) is 16.7 Å². The fraction of sp³-hybridized carbons (Fsp3) is 0.137. The van der Waals surface area contributed by atoms with Crippen LogP contribution >= 0.6 is 0 Å². The quantitative estimate of drug-likeness (QED) is 0.0883. The predicted molar refractivity (Wildman–Crippen MR) is 235 cm³/mol. The number of ether oxygens (including phenoxy) is 3. The van der Waals surface area contributed by atoms with Gasteiger partial charge >= 0.3 is 11.9 Å². The molecular formula is C51H48N2O6. The molecular weight excluding hydrogens is 737 g/mol. The Morgan fingerprint density at radius 1 is 0.475 bits per heavy atom. The average molecular weight is 785 g/mol. The summed E-state index contributed by atoms with van der Waals surface area (Å²) in [6.45, 7) is 0.538.